The summed E-state index contributed by atoms with van der Waals surface area (Å²) in [5.41, 5.74) is -0.0396. The van der Waals surface area contributed by atoms with Gasteiger partial charge in [0.05, 0.1) is 24.0 Å². The van der Waals surface area contributed by atoms with E-state index in [-0.39, 0.29) is 29.9 Å². The minimum Gasteiger partial charge on any atom is -0.371 e. The first kappa shape index (κ1) is 17.2. The van der Waals surface area contributed by atoms with E-state index in [1.54, 1.807) is 4.90 Å². The van der Waals surface area contributed by atoms with Gasteiger partial charge in [0.2, 0.25) is 15.9 Å². The molecule has 0 bridgehead atoms. The number of carbonyl (C=O) groups excluding carboxylic acids is 1. The Morgan fingerprint density at radius 1 is 1.09 bits per heavy atom. The SMILES string of the molecule is O=C(CNS(=O)(=O)CC1CCCC2(CCC2)O1)N1CCCCC1. The second kappa shape index (κ2) is 7.07. The van der Waals surface area contributed by atoms with Crippen molar-refractivity contribution in [3.8, 4) is 0 Å². The molecule has 3 aliphatic rings. The summed E-state index contributed by atoms with van der Waals surface area (Å²) in [6.45, 7) is 1.36. The minimum atomic E-state index is -3.47. The fourth-order valence-electron chi connectivity index (χ4n) is 3.91. The summed E-state index contributed by atoms with van der Waals surface area (Å²) < 4.78 is 33.0. The van der Waals surface area contributed by atoms with Gasteiger partial charge in [-0.3, -0.25) is 4.79 Å². The highest BCUT2D eigenvalue weighted by molar-refractivity contribution is 7.89. The molecule has 1 atom stereocenters. The molecule has 3 rings (SSSR count). The van der Waals surface area contributed by atoms with Crippen LogP contribution >= 0.6 is 0 Å². The predicted octanol–water partition coefficient (Wildman–Crippen LogP) is 1.41. The molecule has 6 nitrogen and oxygen atoms in total. The molecule has 0 aromatic heterocycles. The van der Waals surface area contributed by atoms with E-state index in [0.717, 1.165) is 64.5 Å². The zero-order valence-corrected chi connectivity index (χ0v) is 14.6. The Morgan fingerprint density at radius 3 is 2.43 bits per heavy atom. The molecule has 0 aromatic rings. The molecular weight excluding hydrogens is 316 g/mol. The van der Waals surface area contributed by atoms with E-state index in [2.05, 4.69) is 4.72 Å². The van der Waals surface area contributed by atoms with Gasteiger partial charge in [0, 0.05) is 13.1 Å². The van der Waals surface area contributed by atoms with Crippen LogP contribution in [0.5, 0.6) is 0 Å². The number of rotatable bonds is 5. The largest absolute Gasteiger partial charge is 0.371 e. The summed E-state index contributed by atoms with van der Waals surface area (Å²) in [4.78, 5) is 13.8. The third kappa shape index (κ3) is 4.45. The molecule has 2 saturated heterocycles. The maximum absolute atomic E-state index is 12.2. The minimum absolute atomic E-state index is 0.0258. The van der Waals surface area contributed by atoms with Crippen molar-refractivity contribution in [2.75, 3.05) is 25.4 Å². The molecule has 0 radical (unpaired) electrons. The van der Waals surface area contributed by atoms with Crippen molar-refractivity contribution in [3.63, 3.8) is 0 Å². The van der Waals surface area contributed by atoms with E-state index < -0.39 is 10.0 Å². The smallest absolute Gasteiger partial charge is 0.237 e. The Hall–Kier alpha value is -0.660. The molecule has 2 heterocycles. The molecule has 132 valence electrons. The van der Waals surface area contributed by atoms with Crippen LogP contribution in [0.4, 0.5) is 0 Å². The third-order valence-corrected chi connectivity index (χ3v) is 6.79. The number of likely N-dealkylation sites (tertiary alicyclic amines) is 1. The average Bonchev–Trinajstić information content (AvgIpc) is 2.52. The first-order valence-electron chi connectivity index (χ1n) is 8.91. The summed E-state index contributed by atoms with van der Waals surface area (Å²) in [7, 11) is -3.47. The lowest BCUT2D eigenvalue weighted by molar-refractivity contribution is -0.161. The maximum Gasteiger partial charge on any atom is 0.237 e. The van der Waals surface area contributed by atoms with Gasteiger partial charge < -0.3 is 9.64 Å². The lowest BCUT2D eigenvalue weighted by Crippen LogP contribution is -2.49. The maximum atomic E-state index is 12.2. The highest BCUT2D eigenvalue weighted by Gasteiger charge is 2.43. The zero-order valence-electron chi connectivity index (χ0n) is 13.8. The first-order valence-corrected chi connectivity index (χ1v) is 10.6. The molecular formula is C16H28N2O4S. The van der Waals surface area contributed by atoms with Crippen LogP contribution in [0.3, 0.4) is 0 Å². The quantitative estimate of drug-likeness (QED) is 0.818. The van der Waals surface area contributed by atoms with E-state index in [1.807, 2.05) is 0 Å². The number of nitrogens with zero attached hydrogens (tertiary/aromatic N) is 1. The van der Waals surface area contributed by atoms with Crippen LogP contribution in [0.15, 0.2) is 0 Å². The lowest BCUT2D eigenvalue weighted by Gasteiger charge is -2.47. The van der Waals surface area contributed by atoms with Crippen LogP contribution < -0.4 is 4.72 Å². The Kier molecular flexibility index (Phi) is 5.28. The van der Waals surface area contributed by atoms with Crippen LogP contribution in [0.2, 0.25) is 0 Å². The van der Waals surface area contributed by atoms with E-state index in [1.165, 1.54) is 6.42 Å². The zero-order chi connectivity index (χ0) is 16.3. The topological polar surface area (TPSA) is 75.7 Å². The van der Waals surface area contributed by atoms with Crippen molar-refractivity contribution < 1.29 is 17.9 Å². The number of hydrogen-bond acceptors (Lipinski definition) is 4. The molecule has 3 fully saturated rings. The van der Waals surface area contributed by atoms with Gasteiger partial charge in [-0.2, -0.15) is 0 Å². The van der Waals surface area contributed by atoms with Gasteiger partial charge in [-0.05, 0) is 57.8 Å². The van der Waals surface area contributed by atoms with Gasteiger partial charge in [0.15, 0.2) is 0 Å². The van der Waals surface area contributed by atoms with Crippen LogP contribution in [0.1, 0.15) is 57.8 Å². The Bertz CT molecular complexity index is 524. The molecule has 1 saturated carbocycles. The molecule has 2 aliphatic heterocycles. The van der Waals surface area contributed by atoms with Crippen molar-refractivity contribution in [1.29, 1.82) is 0 Å². The van der Waals surface area contributed by atoms with Gasteiger partial charge in [0.25, 0.3) is 0 Å². The molecule has 1 N–H and O–H groups in total. The number of nitrogens with one attached hydrogen (secondary N) is 1. The van der Waals surface area contributed by atoms with E-state index in [4.69, 9.17) is 4.74 Å². The summed E-state index contributed by atoms with van der Waals surface area (Å²) in [5, 5.41) is 0. The number of carbonyl (C=O) groups is 1. The van der Waals surface area contributed by atoms with Crippen LogP contribution in [-0.2, 0) is 19.6 Å². The number of ether oxygens (including phenoxy) is 1. The second-order valence-electron chi connectivity index (χ2n) is 7.21. The third-order valence-electron chi connectivity index (χ3n) is 5.40. The molecule has 0 aromatic carbocycles. The van der Waals surface area contributed by atoms with Gasteiger partial charge in [0.1, 0.15) is 0 Å². The number of amides is 1. The Balaban J connectivity index is 1.46. The van der Waals surface area contributed by atoms with E-state index >= 15 is 0 Å². The van der Waals surface area contributed by atoms with Crippen molar-refractivity contribution in [2.45, 2.75) is 69.5 Å². The molecule has 1 spiro atoms. The van der Waals surface area contributed by atoms with Gasteiger partial charge >= 0.3 is 0 Å². The average molecular weight is 344 g/mol. The first-order chi connectivity index (χ1) is 11.0. The molecule has 23 heavy (non-hydrogen) atoms. The van der Waals surface area contributed by atoms with E-state index in [0.29, 0.717) is 0 Å². The molecule has 1 amide bonds. The van der Waals surface area contributed by atoms with Gasteiger partial charge in [-0.1, -0.05) is 0 Å². The van der Waals surface area contributed by atoms with E-state index in [9.17, 15) is 13.2 Å². The highest BCUT2D eigenvalue weighted by atomic mass is 32.2. The monoisotopic (exact) mass is 344 g/mol. The highest BCUT2D eigenvalue weighted by Crippen LogP contribution is 2.44. The summed E-state index contributed by atoms with van der Waals surface area (Å²) in [5.74, 6) is -0.143. The Labute approximate surface area is 139 Å². The van der Waals surface area contributed by atoms with Crippen molar-refractivity contribution >= 4 is 15.9 Å². The van der Waals surface area contributed by atoms with Gasteiger partial charge in [-0.15, -0.1) is 0 Å². The number of sulfonamides is 1. The van der Waals surface area contributed by atoms with Crippen molar-refractivity contribution in [1.82, 2.24) is 9.62 Å². The van der Waals surface area contributed by atoms with Crippen LogP contribution in [0.25, 0.3) is 0 Å². The molecule has 1 aliphatic carbocycles. The fourth-order valence-corrected chi connectivity index (χ4v) is 5.10. The van der Waals surface area contributed by atoms with Gasteiger partial charge in [-0.25, -0.2) is 13.1 Å². The summed E-state index contributed by atoms with van der Waals surface area (Å²) >= 11 is 0. The summed E-state index contributed by atoms with van der Waals surface area (Å²) in [6, 6.07) is 0. The van der Waals surface area contributed by atoms with Crippen LogP contribution in [0, 0.1) is 0 Å². The number of piperidine rings is 1. The standard InChI is InChI=1S/C16H28N2O4S/c19-15(18-10-2-1-3-11-18)12-17-23(20,21)13-14-6-4-7-16(22-14)8-5-9-16/h14,17H,1-13H2. The predicted molar refractivity (Wildman–Crippen MR) is 87.5 cm³/mol. The molecule has 7 heteroatoms. The Morgan fingerprint density at radius 2 is 1.78 bits per heavy atom. The van der Waals surface area contributed by atoms with Crippen LogP contribution in [-0.4, -0.2) is 56.3 Å². The summed E-state index contributed by atoms with van der Waals surface area (Å²) in [6.07, 6.45) is 9.13. The number of hydrogen-bond donors (Lipinski definition) is 1. The van der Waals surface area contributed by atoms with Crippen molar-refractivity contribution in [2.24, 2.45) is 0 Å². The second-order valence-corrected chi connectivity index (χ2v) is 9.06. The lowest BCUT2D eigenvalue weighted by atomic mass is 9.74. The fraction of sp³-hybridized carbons (Fsp3) is 0.938. The normalized spacial score (nSPS) is 27.7. The molecule has 1 unspecified atom stereocenters. The van der Waals surface area contributed by atoms with Crippen molar-refractivity contribution in [3.05, 3.63) is 0 Å².